The largest absolute Gasteiger partial charge is 0.550 e. The Bertz CT molecular complexity index is 877. The maximum absolute atomic E-state index is 12.8. The van der Waals surface area contributed by atoms with Crippen molar-refractivity contribution in [2.75, 3.05) is 19.6 Å². The molecule has 0 fully saturated rings. The lowest BCUT2D eigenvalue weighted by Crippen LogP contribution is -3.11. The number of aliphatic carboxylic acids is 1. The van der Waals surface area contributed by atoms with E-state index in [1.165, 1.54) is 104 Å². The third-order valence-electron chi connectivity index (χ3n) is 9.28. The van der Waals surface area contributed by atoms with Gasteiger partial charge in [0.2, 0.25) is 0 Å². The van der Waals surface area contributed by atoms with Crippen LogP contribution in [0.25, 0.3) is 0 Å². The van der Waals surface area contributed by atoms with Crippen LogP contribution in [0.3, 0.4) is 0 Å². The zero-order chi connectivity index (χ0) is 39.6. The van der Waals surface area contributed by atoms with E-state index in [0.717, 1.165) is 19.3 Å². The van der Waals surface area contributed by atoms with Gasteiger partial charge < -0.3 is 39.4 Å². The van der Waals surface area contributed by atoms with Crippen LogP contribution in [0.15, 0.2) is 0 Å². The first kappa shape index (κ1) is 51.7. The smallest absolute Gasteiger partial charge is 0.407 e. The highest BCUT2D eigenvalue weighted by Gasteiger charge is 2.27. The van der Waals surface area contributed by atoms with Crippen LogP contribution in [0.4, 0.5) is 4.79 Å². The van der Waals surface area contributed by atoms with Gasteiger partial charge in [-0.05, 0) is 60.8 Å². The zero-order valence-corrected chi connectivity index (χ0v) is 34.6. The number of hydrogen-bond acceptors (Lipinski definition) is 9. The molecule has 0 heterocycles. The molecule has 0 spiro atoms. The van der Waals surface area contributed by atoms with E-state index in [2.05, 4.69) is 33.0 Å². The highest BCUT2D eigenvalue weighted by Crippen LogP contribution is 2.20. The van der Waals surface area contributed by atoms with Crippen molar-refractivity contribution in [2.24, 2.45) is 0 Å². The molecule has 308 valence electrons. The number of unbranched alkanes of at least 4 members (excludes halogenated alkanes) is 13. The normalized spacial score (nSPS) is 14.0. The summed E-state index contributed by atoms with van der Waals surface area (Å²) in [4.78, 5) is 48.9. The van der Waals surface area contributed by atoms with Crippen molar-refractivity contribution in [2.45, 2.75) is 221 Å². The second-order valence-electron chi connectivity index (χ2n) is 14.6. The number of carbonyl (C=O) groups is 4. The number of carboxylic acid groups (broad SMARTS) is 1. The van der Waals surface area contributed by atoms with Gasteiger partial charge in [-0.25, -0.2) is 4.79 Å². The van der Waals surface area contributed by atoms with Crippen molar-refractivity contribution in [1.29, 1.82) is 0 Å². The van der Waals surface area contributed by atoms with Gasteiger partial charge in [-0.15, -0.1) is 0 Å². The Morgan fingerprint density at radius 2 is 1.12 bits per heavy atom. The first-order valence-corrected chi connectivity index (χ1v) is 20.8. The fourth-order valence-electron chi connectivity index (χ4n) is 6.24. The highest BCUT2D eigenvalue weighted by molar-refractivity contribution is 5.71. The third kappa shape index (κ3) is 36.0. The summed E-state index contributed by atoms with van der Waals surface area (Å²) in [5.74, 6) is -2.33. The van der Waals surface area contributed by atoms with E-state index in [1.54, 1.807) is 18.7 Å². The number of ether oxygens (including phenoxy) is 3. The highest BCUT2D eigenvalue weighted by atomic mass is 16.6. The number of hydrogen-bond donors (Lipinski definition) is 3. The average Bonchev–Trinajstić information content (AvgIpc) is 3.05. The molecule has 3 N–H and O–H groups in total. The molecule has 0 rings (SSSR count). The number of quaternary nitrogens is 1. The van der Waals surface area contributed by atoms with Gasteiger partial charge in [-0.1, -0.05) is 96.8 Å². The molecule has 0 aliphatic heterocycles. The predicted octanol–water partition coefficient (Wildman–Crippen LogP) is 6.61. The first-order chi connectivity index (χ1) is 24.8. The van der Waals surface area contributed by atoms with E-state index in [4.69, 9.17) is 14.2 Å². The summed E-state index contributed by atoms with van der Waals surface area (Å²) in [5, 5.41) is 23.5. The number of amides is 1. The summed E-state index contributed by atoms with van der Waals surface area (Å²) in [5.41, 5.74) is 0. The number of rotatable bonds is 32. The minimum absolute atomic E-state index is 0.0750. The number of carbonyl (C=O) groups excluding carboxylic acids is 4. The zero-order valence-electron chi connectivity index (χ0n) is 34.6. The maximum Gasteiger partial charge on any atom is 0.407 e. The van der Waals surface area contributed by atoms with Crippen LogP contribution in [-0.2, 0) is 28.6 Å². The molecule has 0 saturated carbocycles. The van der Waals surface area contributed by atoms with E-state index < -0.39 is 48.4 Å². The molecule has 11 heteroatoms. The van der Waals surface area contributed by atoms with Crippen LogP contribution in [0.2, 0.25) is 0 Å². The topological polar surface area (TPSA) is 156 Å². The molecule has 0 aromatic rings. The minimum atomic E-state index is -1.25. The standard InChI is InChI=1S/C35H65NO9.C6H15N/c1-6-7-8-9-10-11-12-13-14-15-16-17-18-19-21-27(2)36-35(42)45-32(25-29(4)43-30(5)38)26-31(24-28(3)37)44-34(41)23-20-22-33(39)40;1-4-7(5-2)6-3/h27-29,31-32,37H,6-26H2,1-5H3,(H,36,42)(H,39,40);4-6H2,1-3H3. The lowest BCUT2D eigenvalue weighted by atomic mass is 10.0. The van der Waals surface area contributed by atoms with Gasteiger partial charge in [0.15, 0.2) is 0 Å². The van der Waals surface area contributed by atoms with Crippen LogP contribution >= 0.6 is 0 Å². The summed E-state index contributed by atoms with van der Waals surface area (Å²) >= 11 is 0. The van der Waals surface area contributed by atoms with Crippen molar-refractivity contribution < 1.29 is 48.5 Å². The van der Waals surface area contributed by atoms with Crippen molar-refractivity contribution in [3.8, 4) is 0 Å². The number of carboxylic acids is 1. The summed E-state index contributed by atoms with van der Waals surface area (Å²) in [7, 11) is 0. The van der Waals surface area contributed by atoms with Crippen LogP contribution in [0.5, 0.6) is 0 Å². The molecule has 52 heavy (non-hydrogen) atoms. The molecule has 0 aromatic heterocycles. The molecular formula is C41H80N2O9. The first-order valence-electron chi connectivity index (χ1n) is 20.8. The molecular weight excluding hydrogens is 664 g/mol. The molecule has 0 aliphatic rings. The Balaban J connectivity index is 0. The quantitative estimate of drug-likeness (QED) is 0.0392. The van der Waals surface area contributed by atoms with Gasteiger partial charge in [0.25, 0.3) is 0 Å². The Morgan fingerprint density at radius 3 is 1.54 bits per heavy atom. The second kappa shape index (κ2) is 35.6. The van der Waals surface area contributed by atoms with Crippen molar-refractivity contribution in [3.05, 3.63) is 0 Å². The molecule has 0 aromatic carbocycles. The Kier molecular flexibility index (Phi) is 35.4. The van der Waals surface area contributed by atoms with Gasteiger partial charge in [-0.3, -0.25) is 9.59 Å². The average molecular weight is 745 g/mol. The molecule has 0 aliphatic carbocycles. The van der Waals surface area contributed by atoms with E-state index in [-0.39, 0.29) is 44.6 Å². The van der Waals surface area contributed by atoms with E-state index in [0.29, 0.717) is 0 Å². The van der Waals surface area contributed by atoms with E-state index in [9.17, 15) is 29.4 Å². The molecule has 0 radical (unpaired) electrons. The SMILES string of the molecule is CCCCCCCCCCCCCCCCC(C)NC(=O)OC(CC(C)OC(C)=O)CC(CC(C)O)OC(=O)CCCC(=O)[O-].CC[NH+](CC)CC. The van der Waals surface area contributed by atoms with Gasteiger partial charge in [-0.2, -0.15) is 0 Å². The summed E-state index contributed by atoms with van der Waals surface area (Å²) in [6, 6.07) is -0.0869. The molecule has 5 unspecified atom stereocenters. The third-order valence-corrected chi connectivity index (χ3v) is 9.28. The Labute approximate surface area is 317 Å². The van der Waals surface area contributed by atoms with E-state index >= 15 is 0 Å². The van der Waals surface area contributed by atoms with Gasteiger partial charge in [0, 0.05) is 44.6 Å². The maximum atomic E-state index is 12.8. The fourth-order valence-corrected chi connectivity index (χ4v) is 6.24. The number of alkyl carbamates (subject to hydrolysis) is 1. The predicted molar refractivity (Wildman–Crippen MR) is 206 cm³/mol. The van der Waals surface area contributed by atoms with Crippen LogP contribution in [0, 0.1) is 0 Å². The van der Waals surface area contributed by atoms with Crippen molar-refractivity contribution in [1.82, 2.24) is 5.32 Å². The molecule has 1 amide bonds. The lowest BCUT2D eigenvalue weighted by molar-refractivity contribution is -0.894. The monoisotopic (exact) mass is 745 g/mol. The number of aliphatic hydroxyl groups is 1. The van der Waals surface area contributed by atoms with Crippen molar-refractivity contribution >= 4 is 24.0 Å². The van der Waals surface area contributed by atoms with Crippen LogP contribution < -0.4 is 15.3 Å². The van der Waals surface area contributed by atoms with Gasteiger partial charge >= 0.3 is 18.0 Å². The number of esters is 2. The Morgan fingerprint density at radius 1 is 0.635 bits per heavy atom. The molecule has 5 atom stereocenters. The molecule has 0 saturated heterocycles. The van der Waals surface area contributed by atoms with Crippen LogP contribution in [0.1, 0.15) is 190 Å². The summed E-state index contributed by atoms with van der Waals surface area (Å²) in [6.45, 7) is 19.2. The second-order valence-corrected chi connectivity index (χ2v) is 14.6. The van der Waals surface area contributed by atoms with Gasteiger partial charge in [0.1, 0.15) is 18.3 Å². The summed E-state index contributed by atoms with van der Waals surface area (Å²) in [6.07, 6.45) is 15.4. The van der Waals surface area contributed by atoms with Crippen molar-refractivity contribution in [3.63, 3.8) is 0 Å². The number of nitrogens with one attached hydrogen (secondary N) is 2. The van der Waals surface area contributed by atoms with Gasteiger partial charge in [0.05, 0.1) is 25.7 Å². The van der Waals surface area contributed by atoms with E-state index in [1.807, 2.05) is 6.92 Å². The van der Waals surface area contributed by atoms with Crippen LogP contribution in [-0.4, -0.2) is 79.2 Å². The minimum Gasteiger partial charge on any atom is -0.550 e. The molecule has 11 nitrogen and oxygen atoms in total. The number of aliphatic hydroxyl groups excluding tert-OH is 1. The molecule has 0 bridgehead atoms. The Hall–Kier alpha value is -2.40. The fraction of sp³-hybridized carbons (Fsp3) is 0.902. The lowest BCUT2D eigenvalue weighted by Gasteiger charge is -2.27. The summed E-state index contributed by atoms with van der Waals surface area (Å²) < 4.78 is 16.4.